The number of aryl methyl sites for hydroxylation is 2. The number of hydrogen-bond acceptors (Lipinski definition) is 3. The van der Waals surface area contributed by atoms with E-state index >= 15 is 0 Å². The van der Waals surface area contributed by atoms with E-state index in [1.807, 2.05) is 0 Å². The molecule has 0 N–H and O–H groups in total. The Morgan fingerprint density at radius 1 is 1.00 bits per heavy atom. The summed E-state index contributed by atoms with van der Waals surface area (Å²) in [7, 11) is 0. The Labute approximate surface area is 219 Å². The molecule has 0 bridgehead atoms. The van der Waals surface area contributed by atoms with Crippen molar-refractivity contribution in [3.05, 3.63) is 64.7 Å². The molecule has 0 atom stereocenters. The summed E-state index contributed by atoms with van der Waals surface area (Å²) in [5, 5.41) is 0. The van der Waals surface area contributed by atoms with Gasteiger partial charge in [0.15, 0.2) is 0 Å². The number of nitrogens with zero attached hydrogens (tertiary/aromatic N) is 2. The molecule has 2 aromatic rings. The molecule has 0 unspecified atom stereocenters. The van der Waals surface area contributed by atoms with E-state index in [1.165, 1.54) is 73.0 Å². The van der Waals surface area contributed by atoms with Gasteiger partial charge in [-0.25, -0.2) is 9.97 Å². The van der Waals surface area contributed by atoms with Gasteiger partial charge in [-0.2, -0.15) is 0 Å². The maximum Gasteiger partial charge on any atom is 0.132 e. The minimum Gasteiger partial charge on any atom is -0.300 e. The molecule has 2 aliphatic rings. The molecule has 194 valence electrons. The fourth-order valence-electron chi connectivity index (χ4n) is 6.21. The van der Waals surface area contributed by atoms with Crippen LogP contribution in [-0.2, 0) is 24.1 Å². The second-order valence-corrected chi connectivity index (χ2v) is 11.6. The van der Waals surface area contributed by atoms with Crippen LogP contribution in [0.5, 0.6) is 0 Å². The predicted octanol–water partition coefficient (Wildman–Crippen LogP) is 8.45. The minimum atomic E-state index is 0.461. The summed E-state index contributed by atoms with van der Waals surface area (Å²) in [6.45, 7) is 4.47. The summed E-state index contributed by atoms with van der Waals surface area (Å²) >= 11 is 0. The van der Waals surface area contributed by atoms with Crippen molar-refractivity contribution in [3.8, 4) is 0 Å². The Hall–Kier alpha value is -2.29. The summed E-state index contributed by atoms with van der Waals surface area (Å²) in [5.74, 6) is 2.59. The fraction of sp³-hybridized carbons (Fsp3) is 0.606. The molecule has 0 saturated heterocycles. The Balaban J connectivity index is 1.12. The number of allylic oxidation sites excluding steroid dienone is 1. The number of hydrogen-bond donors (Lipinski definition) is 0. The molecule has 3 heteroatoms. The van der Waals surface area contributed by atoms with E-state index in [9.17, 15) is 4.79 Å². The molecule has 0 radical (unpaired) electrons. The van der Waals surface area contributed by atoms with Gasteiger partial charge in [0.05, 0.1) is 11.4 Å². The van der Waals surface area contributed by atoms with Gasteiger partial charge in [-0.05, 0) is 67.4 Å². The zero-order valence-electron chi connectivity index (χ0n) is 22.7. The monoisotopic (exact) mass is 486 g/mol. The van der Waals surface area contributed by atoms with Crippen LogP contribution in [0.15, 0.2) is 36.7 Å². The van der Waals surface area contributed by atoms with Crippen molar-refractivity contribution in [1.82, 2.24) is 9.97 Å². The predicted molar refractivity (Wildman–Crippen MR) is 150 cm³/mol. The van der Waals surface area contributed by atoms with Gasteiger partial charge in [-0.15, -0.1) is 0 Å². The van der Waals surface area contributed by atoms with Gasteiger partial charge in [0.2, 0.25) is 0 Å². The summed E-state index contributed by atoms with van der Waals surface area (Å²) in [5.41, 5.74) is 6.58. The van der Waals surface area contributed by atoms with Crippen LogP contribution in [0.2, 0.25) is 0 Å². The quantitative estimate of drug-likeness (QED) is 0.320. The van der Waals surface area contributed by atoms with Crippen molar-refractivity contribution in [2.75, 3.05) is 0 Å². The molecule has 1 aromatic carbocycles. The Bertz CT molecular complexity index is 999. The van der Waals surface area contributed by atoms with Crippen LogP contribution in [0.3, 0.4) is 0 Å². The van der Waals surface area contributed by atoms with Crippen molar-refractivity contribution in [2.24, 2.45) is 11.8 Å². The lowest BCUT2D eigenvalue weighted by molar-refractivity contribution is -0.119. The Kier molecular flexibility index (Phi) is 10.3. The zero-order chi connectivity index (χ0) is 25.2. The molecule has 1 heterocycles. The fourth-order valence-corrected chi connectivity index (χ4v) is 6.21. The van der Waals surface area contributed by atoms with E-state index in [0.29, 0.717) is 11.7 Å². The number of aromatic nitrogens is 2. The van der Waals surface area contributed by atoms with Crippen LogP contribution in [0.25, 0.3) is 6.08 Å². The van der Waals surface area contributed by atoms with E-state index in [4.69, 9.17) is 0 Å². The topological polar surface area (TPSA) is 42.9 Å². The molecule has 0 spiro atoms. The SMILES string of the molecule is CC(C)c1cccc(CCCC(=O)CCCC2CCCC(Cc3ncnc4c3C=CCC4)CCC2)c1. The van der Waals surface area contributed by atoms with Crippen molar-refractivity contribution in [2.45, 2.75) is 116 Å². The van der Waals surface area contributed by atoms with E-state index in [2.05, 4.69) is 60.2 Å². The Morgan fingerprint density at radius 2 is 1.78 bits per heavy atom. The lowest BCUT2D eigenvalue weighted by Crippen LogP contribution is -2.14. The van der Waals surface area contributed by atoms with Crippen LogP contribution in [0, 0.1) is 11.8 Å². The van der Waals surface area contributed by atoms with E-state index in [0.717, 1.165) is 63.2 Å². The number of carbonyl (C=O) groups is 1. The van der Waals surface area contributed by atoms with Gasteiger partial charge in [0.25, 0.3) is 0 Å². The van der Waals surface area contributed by atoms with E-state index in [1.54, 1.807) is 6.33 Å². The molecule has 2 aliphatic carbocycles. The molecule has 1 fully saturated rings. The van der Waals surface area contributed by atoms with Crippen LogP contribution in [-0.4, -0.2) is 15.8 Å². The number of Topliss-reactive ketones (excluding diaryl/α,β-unsaturated/α-hetero) is 1. The summed E-state index contributed by atoms with van der Waals surface area (Å²) < 4.78 is 0. The van der Waals surface area contributed by atoms with Crippen LogP contribution >= 0.6 is 0 Å². The lowest BCUT2D eigenvalue weighted by atomic mass is 9.81. The highest BCUT2D eigenvalue weighted by atomic mass is 16.1. The average molecular weight is 487 g/mol. The third-order valence-electron chi connectivity index (χ3n) is 8.42. The Morgan fingerprint density at radius 3 is 2.58 bits per heavy atom. The van der Waals surface area contributed by atoms with E-state index in [-0.39, 0.29) is 0 Å². The maximum atomic E-state index is 12.5. The smallest absolute Gasteiger partial charge is 0.132 e. The summed E-state index contributed by atoms with van der Waals surface area (Å²) in [4.78, 5) is 21.7. The van der Waals surface area contributed by atoms with Crippen molar-refractivity contribution in [1.29, 1.82) is 0 Å². The first-order valence-corrected chi connectivity index (χ1v) is 14.7. The zero-order valence-corrected chi connectivity index (χ0v) is 22.7. The second-order valence-electron chi connectivity index (χ2n) is 11.6. The number of rotatable bonds is 11. The standard InChI is InChI=1S/C33H46N2O/c1-25(2)29-17-7-15-27(22-29)16-9-19-30(36)18-8-12-26-10-5-13-28(14-6-11-26)23-33-31-20-3-4-21-32(31)34-24-35-33/h3,7,15,17,20,22,24-26,28H,4-6,8-14,16,18-19,21,23H2,1-2H3. The second kappa shape index (κ2) is 13.9. The lowest BCUT2D eigenvalue weighted by Gasteiger charge is -2.25. The van der Waals surface area contributed by atoms with Crippen molar-refractivity contribution < 1.29 is 4.79 Å². The third kappa shape index (κ3) is 8.11. The molecule has 4 rings (SSSR count). The maximum absolute atomic E-state index is 12.5. The molecular formula is C33H46N2O. The highest BCUT2D eigenvalue weighted by Gasteiger charge is 2.20. The van der Waals surface area contributed by atoms with Gasteiger partial charge in [0, 0.05) is 18.4 Å². The number of benzene rings is 1. The first-order valence-electron chi connectivity index (χ1n) is 14.7. The van der Waals surface area contributed by atoms with Crippen LogP contribution < -0.4 is 0 Å². The normalized spacial score (nSPS) is 20.1. The first-order chi connectivity index (χ1) is 17.6. The van der Waals surface area contributed by atoms with Gasteiger partial charge in [0.1, 0.15) is 12.1 Å². The van der Waals surface area contributed by atoms with Crippen molar-refractivity contribution >= 4 is 11.9 Å². The molecule has 0 amide bonds. The largest absolute Gasteiger partial charge is 0.300 e. The van der Waals surface area contributed by atoms with E-state index < -0.39 is 0 Å². The highest BCUT2D eigenvalue weighted by molar-refractivity contribution is 5.78. The minimum absolute atomic E-state index is 0.461. The van der Waals surface area contributed by atoms with Gasteiger partial charge in [-0.3, -0.25) is 4.79 Å². The number of carbonyl (C=O) groups excluding carboxylic acids is 1. The van der Waals surface area contributed by atoms with Gasteiger partial charge >= 0.3 is 0 Å². The van der Waals surface area contributed by atoms with Crippen molar-refractivity contribution in [3.63, 3.8) is 0 Å². The molecule has 1 saturated carbocycles. The van der Waals surface area contributed by atoms with Gasteiger partial charge in [-0.1, -0.05) is 95.2 Å². The van der Waals surface area contributed by atoms with Crippen LogP contribution in [0.4, 0.5) is 0 Å². The number of ketones is 1. The molecule has 36 heavy (non-hydrogen) atoms. The molecule has 0 aliphatic heterocycles. The van der Waals surface area contributed by atoms with Crippen LogP contribution in [0.1, 0.15) is 125 Å². The number of fused-ring (bicyclic) bond motifs is 1. The first kappa shape index (κ1) is 26.8. The average Bonchev–Trinajstić information content (AvgIpc) is 2.87. The molecular weight excluding hydrogens is 440 g/mol. The molecule has 3 nitrogen and oxygen atoms in total. The third-order valence-corrected chi connectivity index (χ3v) is 8.42. The summed E-state index contributed by atoms with van der Waals surface area (Å²) in [6, 6.07) is 8.88. The van der Waals surface area contributed by atoms with Gasteiger partial charge < -0.3 is 0 Å². The molecule has 1 aromatic heterocycles. The highest BCUT2D eigenvalue weighted by Crippen LogP contribution is 2.32. The summed E-state index contributed by atoms with van der Waals surface area (Å²) in [6.07, 6.45) is 23.3.